The molecule has 1 N–H and O–H groups in total. The predicted molar refractivity (Wildman–Crippen MR) is 72.1 cm³/mol. The minimum Gasteiger partial charge on any atom is -0.395 e. The van der Waals surface area contributed by atoms with Crippen molar-refractivity contribution < 1.29 is 5.11 Å². The number of aliphatic hydroxyl groups is 1. The monoisotopic (exact) mass is 231 g/mol. The zero-order valence-corrected chi connectivity index (χ0v) is 11.2. The van der Waals surface area contributed by atoms with E-state index in [-0.39, 0.29) is 6.61 Å². The largest absolute Gasteiger partial charge is 0.395 e. The molecule has 93 valence electrons. The maximum Gasteiger partial charge on any atom is 0.0534 e. The summed E-state index contributed by atoms with van der Waals surface area (Å²) in [6.45, 7) is 6.69. The highest BCUT2D eigenvalue weighted by Gasteiger charge is 2.24. The first-order chi connectivity index (χ1) is 8.10. The zero-order valence-electron chi connectivity index (χ0n) is 11.2. The third-order valence-electron chi connectivity index (χ3n) is 3.44. The van der Waals surface area contributed by atoms with Crippen LogP contribution in [0.1, 0.15) is 56.2 Å². The molecule has 17 heavy (non-hydrogen) atoms. The van der Waals surface area contributed by atoms with Crippen molar-refractivity contribution in [1.29, 1.82) is 0 Å². The van der Waals surface area contributed by atoms with E-state index in [0.29, 0.717) is 5.92 Å². The third-order valence-corrected chi connectivity index (χ3v) is 3.44. The smallest absolute Gasteiger partial charge is 0.0534 e. The molecular weight excluding hydrogens is 208 g/mol. The molecule has 1 aliphatic carbocycles. The van der Waals surface area contributed by atoms with E-state index < -0.39 is 0 Å². The summed E-state index contributed by atoms with van der Waals surface area (Å²) in [5.74, 6) is 2.55. The summed E-state index contributed by atoms with van der Waals surface area (Å²) in [7, 11) is 0. The predicted octanol–water partition coefficient (Wildman–Crippen LogP) is 3.70. The fraction of sp³-hybridized carbons (Fsp3) is 0.562. The Bertz CT molecular complexity index is 377. The van der Waals surface area contributed by atoms with Crippen LogP contribution < -0.4 is 0 Å². The number of hydrogen-bond donors (Lipinski definition) is 1. The molecule has 1 fully saturated rings. The number of benzene rings is 1. The lowest BCUT2D eigenvalue weighted by molar-refractivity contribution is 0.315. The van der Waals surface area contributed by atoms with Crippen LogP contribution >= 0.6 is 0 Å². The molecule has 0 aromatic heterocycles. The maximum atomic E-state index is 9.27. The van der Waals surface area contributed by atoms with E-state index in [1.165, 1.54) is 29.5 Å². The minimum atomic E-state index is 0.162. The fourth-order valence-corrected chi connectivity index (χ4v) is 2.30. The quantitative estimate of drug-likeness (QED) is 0.819. The summed E-state index contributed by atoms with van der Waals surface area (Å²) in [5, 5.41) is 9.27. The highest BCUT2D eigenvalue weighted by molar-refractivity contribution is 5.40. The van der Waals surface area contributed by atoms with Gasteiger partial charge in [-0.25, -0.2) is 0 Å². The van der Waals surface area contributed by atoms with Crippen molar-refractivity contribution >= 4 is 0 Å². The van der Waals surface area contributed by atoms with Crippen molar-refractivity contribution in [2.45, 2.75) is 46.0 Å². The van der Waals surface area contributed by atoms with Crippen LogP contribution in [0.4, 0.5) is 0 Å². The molecule has 0 heterocycles. The SMILES string of the molecule is C[C](CO)c1cc(CC(C)C)cc(C2CC2)c1. The second-order valence-electron chi connectivity index (χ2n) is 5.77. The Morgan fingerprint density at radius 3 is 2.53 bits per heavy atom. The van der Waals surface area contributed by atoms with Crippen LogP contribution in [0.15, 0.2) is 18.2 Å². The van der Waals surface area contributed by atoms with Gasteiger partial charge in [0, 0.05) is 5.92 Å². The zero-order chi connectivity index (χ0) is 12.4. The molecule has 0 amide bonds. The summed E-state index contributed by atoms with van der Waals surface area (Å²) in [6, 6.07) is 6.89. The van der Waals surface area contributed by atoms with Gasteiger partial charge < -0.3 is 5.11 Å². The normalized spacial score (nSPS) is 15.9. The van der Waals surface area contributed by atoms with Crippen LogP contribution in [0, 0.1) is 11.8 Å². The number of aliphatic hydroxyl groups excluding tert-OH is 1. The van der Waals surface area contributed by atoms with Gasteiger partial charge in [0.25, 0.3) is 0 Å². The van der Waals surface area contributed by atoms with Gasteiger partial charge in [-0.05, 0) is 47.8 Å². The molecule has 0 saturated heterocycles. The van der Waals surface area contributed by atoms with Crippen LogP contribution in [0.2, 0.25) is 0 Å². The topological polar surface area (TPSA) is 20.2 Å². The molecular formula is C16H23O. The molecule has 0 spiro atoms. The third kappa shape index (κ3) is 3.32. The van der Waals surface area contributed by atoms with Crippen molar-refractivity contribution in [2.24, 2.45) is 5.92 Å². The number of rotatable bonds is 5. The fourth-order valence-electron chi connectivity index (χ4n) is 2.30. The Balaban J connectivity index is 2.28. The van der Waals surface area contributed by atoms with Crippen LogP contribution in [0.5, 0.6) is 0 Å². The molecule has 1 saturated carbocycles. The van der Waals surface area contributed by atoms with Crippen molar-refractivity contribution in [3.8, 4) is 0 Å². The summed E-state index contributed by atoms with van der Waals surface area (Å²) in [5.41, 5.74) is 4.13. The molecule has 0 aliphatic heterocycles. The summed E-state index contributed by atoms with van der Waals surface area (Å²) in [6.07, 6.45) is 3.80. The van der Waals surface area contributed by atoms with E-state index in [1.807, 2.05) is 6.92 Å². The van der Waals surface area contributed by atoms with Gasteiger partial charge in [0.1, 0.15) is 0 Å². The van der Waals surface area contributed by atoms with Gasteiger partial charge in [-0.3, -0.25) is 0 Å². The molecule has 1 heteroatoms. The van der Waals surface area contributed by atoms with Crippen LogP contribution in [-0.2, 0) is 6.42 Å². The average molecular weight is 231 g/mol. The standard InChI is InChI=1S/C16H23O/c1-11(2)6-13-7-15(12(3)10-17)9-16(8-13)14-4-5-14/h7-9,11,14,17H,4-6,10H2,1-3H3. The van der Waals surface area contributed by atoms with Gasteiger partial charge >= 0.3 is 0 Å². The molecule has 1 nitrogen and oxygen atoms in total. The Kier molecular flexibility index (Phi) is 3.88. The Morgan fingerprint density at radius 2 is 2.00 bits per heavy atom. The van der Waals surface area contributed by atoms with E-state index in [0.717, 1.165) is 18.3 Å². The maximum absolute atomic E-state index is 9.27. The molecule has 1 aromatic carbocycles. The van der Waals surface area contributed by atoms with Gasteiger partial charge in [0.2, 0.25) is 0 Å². The Morgan fingerprint density at radius 1 is 1.29 bits per heavy atom. The van der Waals surface area contributed by atoms with Crippen LogP contribution in [0.25, 0.3) is 0 Å². The van der Waals surface area contributed by atoms with Gasteiger partial charge in [-0.15, -0.1) is 0 Å². The summed E-state index contributed by atoms with van der Waals surface area (Å²) < 4.78 is 0. The first-order valence-electron chi connectivity index (χ1n) is 6.67. The highest BCUT2D eigenvalue weighted by atomic mass is 16.3. The molecule has 2 rings (SSSR count). The lowest BCUT2D eigenvalue weighted by Crippen LogP contribution is -2.03. The summed E-state index contributed by atoms with van der Waals surface area (Å²) in [4.78, 5) is 0. The van der Waals surface area contributed by atoms with E-state index >= 15 is 0 Å². The van der Waals surface area contributed by atoms with Crippen molar-refractivity contribution in [1.82, 2.24) is 0 Å². The van der Waals surface area contributed by atoms with Crippen molar-refractivity contribution in [3.05, 3.63) is 40.8 Å². The first kappa shape index (κ1) is 12.6. The molecule has 0 unspecified atom stereocenters. The second kappa shape index (κ2) is 5.22. The molecule has 1 radical (unpaired) electrons. The lowest BCUT2D eigenvalue weighted by Gasteiger charge is -2.14. The van der Waals surface area contributed by atoms with Gasteiger partial charge in [-0.1, -0.05) is 39.0 Å². The number of hydrogen-bond acceptors (Lipinski definition) is 1. The molecule has 1 aliphatic rings. The Hall–Kier alpha value is -0.820. The van der Waals surface area contributed by atoms with Gasteiger partial charge in [-0.2, -0.15) is 0 Å². The lowest BCUT2D eigenvalue weighted by atomic mass is 9.92. The van der Waals surface area contributed by atoms with Crippen molar-refractivity contribution in [2.75, 3.05) is 6.61 Å². The minimum absolute atomic E-state index is 0.162. The highest BCUT2D eigenvalue weighted by Crippen LogP contribution is 2.41. The summed E-state index contributed by atoms with van der Waals surface area (Å²) >= 11 is 0. The Labute approximate surface area is 105 Å². The molecule has 0 bridgehead atoms. The first-order valence-corrected chi connectivity index (χ1v) is 6.67. The molecule has 0 atom stereocenters. The van der Waals surface area contributed by atoms with Gasteiger partial charge in [0.15, 0.2) is 0 Å². The van der Waals surface area contributed by atoms with E-state index in [4.69, 9.17) is 0 Å². The van der Waals surface area contributed by atoms with Crippen LogP contribution in [0.3, 0.4) is 0 Å². The second-order valence-corrected chi connectivity index (χ2v) is 5.77. The van der Waals surface area contributed by atoms with Crippen molar-refractivity contribution in [3.63, 3.8) is 0 Å². The molecule has 1 aromatic rings. The average Bonchev–Trinajstić information content (AvgIpc) is 3.10. The van der Waals surface area contributed by atoms with E-state index in [9.17, 15) is 5.11 Å². The van der Waals surface area contributed by atoms with Crippen LogP contribution in [-0.4, -0.2) is 11.7 Å². The van der Waals surface area contributed by atoms with E-state index in [2.05, 4.69) is 32.0 Å². The van der Waals surface area contributed by atoms with E-state index in [1.54, 1.807) is 0 Å². The van der Waals surface area contributed by atoms with Gasteiger partial charge in [0.05, 0.1) is 6.61 Å².